The van der Waals surface area contributed by atoms with Crippen molar-refractivity contribution in [2.75, 3.05) is 13.2 Å². The van der Waals surface area contributed by atoms with E-state index in [1.807, 2.05) is 0 Å². The number of aliphatic hydroxyl groups excluding tert-OH is 1. The zero-order chi connectivity index (χ0) is 10.2. The molecule has 7 nitrogen and oxygen atoms in total. The molecule has 2 aliphatic rings. The van der Waals surface area contributed by atoms with E-state index >= 15 is 0 Å². The number of carbonyl (C=O) groups excluding carboxylic acids is 1. The average Bonchev–Trinajstić information content (AvgIpc) is 2.73. The standard InChI is InChI=1S/C7H7NO6/c8-2-7(3-12-6(10)14-7)4-1-11-5(9)13-4/h4-5,9H,1,3H2. The lowest BCUT2D eigenvalue weighted by atomic mass is 10.0. The number of hydrogen-bond donors (Lipinski definition) is 1. The zero-order valence-corrected chi connectivity index (χ0v) is 7.00. The van der Waals surface area contributed by atoms with Crippen molar-refractivity contribution in [3.05, 3.63) is 0 Å². The Labute approximate surface area is 78.7 Å². The van der Waals surface area contributed by atoms with E-state index < -0.39 is 24.3 Å². The van der Waals surface area contributed by atoms with Gasteiger partial charge in [-0.25, -0.2) is 4.79 Å². The van der Waals surface area contributed by atoms with Crippen LogP contribution in [0.1, 0.15) is 0 Å². The normalized spacial score (nSPS) is 41.6. The van der Waals surface area contributed by atoms with Crippen LogP contribution >= 0.6 is 0 Å². The minimum Gasteiger partial charge on any atom is -0.429 e. The van der Waals surface area contributed by atoms with E-state index in [0.717, 1.165) is 0 Å². The van der Waals surface area contributed by atoms with Crippen LogP contribution in [0.2, 0.25) is 0 Å². The predicted octanol–water partition coefficient (Wildman–Crippen LogP) is -0.893. The second kappa shape index (κ2) is 3.09. The van der Waals surface area contributed by atoms with Crippen LogP contribution in [0.3, 0.4) is 0 Å². The molecule has 2 fully saturated rings. The summed E-state index contributed by atoms with van der Waals surface area (Å²) in [5, 5.41) is 17.8. The lowest BCUT2D eigenvalue weighted by molar-refractivity contribution is -0.214. The largest absolute Gasteiger partial charge is 0.510 e. The average molecular weight is 201 g/mol. The van der Waals surface area contributed by atoms with Crippen LogP contribution in [0.15, 0.2) is 0 Å². The number of ether oxygens (including phenoxy) is 4. The van der Waals surface area contributed by atoms with E-state index in [1.54, 1.807) is 6.07 Å². The van der Waals surface area contributed by atoms with Crippen LogP contribution in [0.4, 0.5) is 4.79 Å². The smallest absolute Gasteiger partial charge is 0.429 e. The molecule has 2 heterocycles. The highest BCUT2D eigenvalue weighted by Crippen LogP contribution is 2.29. The quantitative estimate of drug-likeness (QED) is 0.549. The molecule has 14 heavy (non-hydrogen) atoms. The first kappa shape index (κ1) is 9.21. The molecule has 0 aliphatic carbocycles. The molecule has 2 aliphatic heterocycles. The van der Waals surface area contributed by atoms with Crippen molar-refractivity contribution in [2.24, 2.45) is 0 Å². The molecule has 0 aromatic heterocycles. The number of aliphatic hydroxyl groups is 1. The van der Waals surface area contributed by atoms with Crippen molar-refractivity contribution in [3.63, 3.8) is 0 Å². The Hall–Kier alpha value is -1.36. The van der Waals surface area contributed by atoms with Crippen LogP contribution in [0.5, 0.6) is 0 Å². The molecule has 0 aromatic rings. The SMILES string of the molecule is N#CC1(C2COC(O)O2)COC(=O)O1. The van der Waals surface area contributed by atoms with E-state index in [-0.39, 0.29) is 13.2 Å². The highest BCUT2D eigenvalue weighted by molar-refractivity contribution is 5.64. The van der Waals surface area contributed by atoms with Crippen LogP contribution in [0, 0.1) is 11.3 Å². The molecule has 0 bridgehead atoms. The summed E-state index contributed by atoms with van der Waals surface area (Å²) in [6.07, 6.45) is -1.74. The van der Waals surface area contributed by atoms with Crippen molar-refractivity contribution in [1.82, 2.24) is 0 Å². The predicted molar refractivity (Wildman–Crippen MR) is 37.6 cm³/mol. The summed E-state index contributed by atoms with van der Waals surface area (Å²) in [5.74, 6) is 0. The molecular formula is C7H7NO6. The van der Waals surface area contributed by atoms with E-state index in [2.05, 4.69) is 9.47 Å². The van der Waals surface area contributed by atoms with Crippen LogP contribution in [-0.4, -0.2) is 42.7 Å². The number of rotatable bonds is 1. The second-order valence-corrected chi connectivity index (χ2v) is 2.91. The Bertz CT molecular complexity index is 299. The highest BCUT2D eigenvalue weighted by atomic mass is 16.8. The van der Waals surface area contributed by atoms with Crippen molar-refractivity contribution < 1.29 is 28.8 Å². The maximum absolute atomic E-state index is 10.7. The highest BCUT2D eigenvalue weighted by Gasteiger charge is 2.53. The number of cyclic esters (lactones) is 2. The minimum atomic E-state index is -1.51. The lowest BCUT2D eigenvalue weighted by Gasteiger charge is -2.21. The lowest BCUT2D eigenvalue weighted by Crippen LogP contribution is -2.45. The molecule has 1 N–H and O–H groups in total. The van der Waals surface area contributed by atoms with Crippen LogP contribution in [0.25, 0.3) is 0 Å². The first-order chi connectivity index (χ1) is 6.66. The minimum absolute atomic E-state index is 0.0225. The topological polar surface area (TPSA) is 98.0 Å². The van der Waals surface area contributed by atoms with Gasteiger partial charge in [0.1, 0.15) is 12.2 Å². The molecule has 76 valence electrons. The molecule has 0 radical (unpaired) electrons. The zero-order valence-electron chi connectivity index (χ0n) is 7.00. The number of nitriles is 1. The van der Waals surface area contributed by atoms with Gasteiger partial charge < -0.3 is 24.1 Å². The fraction of sp³-hybridized carbons (Fsp3) is 0.714. The molecule has 3 atom stereocenters. The fourth-order valence-electron chi connectivity index (χ4n) is 1.29. The van der Waals surface area contributed by atoms with Crippen molar-refractivity contribution >= 4 is 6.16 Å². The van der Waals surface area contributed by atoms with Crippen LogP contribution in [-0.2, 0) is 18.9 Å². The number of hydrogen-bond acceptors (Lipinski definition) is 7. The molecule has 0 aromatic carbocycles. The third-order valence-corrected chi connectivity index (χ3v) is 2.05. The Morgan fingerprint density at radius 1 is 1.64 bits per heavy atom. The Morgan fingerprint density at radius 3 is 2.86 bits per heavy atom. The molecule has 0 saturated carbocycles. The maximum Gasteiger partial charge on any atom is 0.510 e. The Kier molecular flexibility index (Phi) is 2.03. The molecular weight excluding hydrogens is 194 g/mol. The first-order valence-electron chi connectivity index (χ1n) is 3.88. The monoisotopic (exact) mass is 201 g/mol. The second-order valence-electron chi connectivity index (χ2n) is 2.91. The van der Waals surface area contributed by atoms with E-state index in [4.69, 9.17) is 19.8 Å². The van der Waals surface area contributed by atoms with E-state index in [1.165, 1.54) is 0 Å². The molecule has 7 heteroatoms. The van der Waals surface area contributed by atoms with E-state index in [9.17, 15) is 4.79 Å². The van der Waals surface area contributed by atoms with Gasteiger partial charge in [-0.1, -0.05) is 0 Å². The summed E-state index contributed by atoms with van der Waals surface area (Å²) < 4.78 is 18.7. The van der Waals surface area contributed by atoms with Gasteiger partial charge in [0.15, 0.2) is 6.61 Å². The summed E-state index contributed by atoms with van der Waals surface area (Å²) in [5.41, 5.74) is -1.51. The summed E-state index contributed by atoms with van der Waals surface area (Å²) in [4.78, 5) is 10.7. The van der Waals surface area contributed by atoms with Gasteiger partial charge in [0.05, 0.1) is 6.61 Å². The Balaban J connectivity index is 2.14. The van der Waals surface area contributed by atoms with Crippen LogP contribution < -0.4 is 0 Å². The van der Waals surface area contributed by atoms with E-state index in [0.29, 0.717) is 0 Å². The summed E-state index contributed by atoms with van der Waals surface area (Å²) in [6.45, 7) is -1.63. The number of carbonyl (C=O) groups is 1. The third-order valence-electron chi connectivity index (χ3n) is 2.05. The fourth-order valence-corrected chi connectivity index (χ4v) is 1.29. The summed E-state index contributed by atoms with van der Waals surface area (Å²) >= 11 is 0. The molecule has 0 spiro atoms. The summed E-state index contributed by atoms with van der Waals surface area (Å²) in [6, 6.07) is 1.79. The van der Waals surface area contributed by atoms with Gasteiger partial charge in [-0.15, -0.1) is 0 Å². The Morgan fingerprint density at radius 2 is 2.43 bits per heavy atom. The van der Waals surface area contributed by atoms with Gasteiger partial charge in [-0.2, -0.15) is 5.26 Å². The van der Waals surface area contributed by atoms with Crippen molar-refractivity contribution in [1.29, 1.82) is 5.26 Å². The van der Waals surface area contributed by atoms with Crippen molar-refractivity contribution in [3.8, 4) is 6.07 Å². The van der Waals surface area contributed by atoms with Crippen molar-refractivity contribution in [2.45, 2.75) is 18.2 Å². The van der Waals surface area contributed by atoms with Gasteiger partial charge in [-0.05, 0) is 0 Å². The molecule has 2 saturated heterocycles. The van der Waals surface area contributed by atoms with Gasteiger partial charge in [-0.3, -0.25) is 0 Å². The van der Waals surface area contributed by atoms with Gasteiger partial charge >= 0.3 is 6.16 Å². The molecule has 0 amide bonds. The van der Waals surface area contributed by atoms with Gasteiger partial charge in [0, 0.05) is 0 Å². The van der Waals surface area contributed by atoms with Gasteiger partial charge in [0.25, 0.3) is 12.1 Å². The molecule has 2 rings (SSSR count). The number of nitrogens with zero attached hydrogens (tertiary/aromatic N) is 1. The third kappa shape index (κ3) is 1.29. The summed E-state index contributed by atoms with van der Waals surface area (Å²) in [7, 11) is 0. The maximum atomic E-state index is 10.7. The van der Waals surface area contributed by atoms with Gasteiger partial charge in [0.2, 0.25) is 0 Å². The molecule has 3 unspecified atom stereocenters. The first-order valence-corrected chi connectivity index (χ1v) is 3.88.